The molecular formula is C24H27NO6S. The Bertz CT molecular complexity index is 1350. The largest absolute Gasteiger partial charge is 0.485 e. The van der Waals surface area contributed by atoms with E-state index in [-0.39, 0.29) is 29.9 Å². The van der Waals surface area contributed by atoms with E-state index < -0.39 is 15.5 Å². The molecule has 0 spiro atoms. The van der Waals surface area contributed by atoms with Crippen molar-refractivity contribution in [2.75, 3.05) is 18.1 Å². The summed E-state index contributed by atoms with van der Waals surface area (Å²) in [6.45, 7) is 5.60. The average molecular weight is 458 g/mol. The standard InChI is InChI=1S/C24H27NO6S/c1-4-5-17-11-24(27)31-23-12-19(6-7-20(17)23)30-13-22(26)21-10-15(2)25(16(21)3)18-8-9-32(28,29)14-18/h6-7,10-12,18H,4-5,8-9,13-14H2,1-3H3. The lowest BCUT2D eigenvalue weighted by Gasteiger charge is -2.16. The minimum absolute atomic E-state index is 0.107. The maximum absolute atomic E-state index is 12.9. The lowest BCUT2D eigenvalue weighted by Crippen LogP contribution is -2.16. The number of ether oxygens (including phenoxy) is 1. The second-order valence-corrected chi connectivity index (χ2v) is 10.7. The molecule has 0 bridgehead atoms. The van der Waals surface area contributed by atoms with Crippen molar-refractivity contribution in [2.45, 2.75) is 46.1 Å². The minimum atomic E-state index is -3.02. The Morgan fingerprint density at radius 2 is 2.00 bits per heavy atom. The first-order chi connectivity index (χ1) is 15.2. The molecule has 170 valence electrons. The fourth-order valence-electron chi connectivity index (χ4n) is 4.60. The summed E-state index contributed by atoms with van der Waals surface area (Å²) in [4.78, 5) is 24.7. The highest BCUT2D eigenvalue weighted by Crippen LogP contribution is 2.29. The molecular weight excluding hydrogens is 430 g/mol. The molecule has 0 N–H and O–H groups in total. The third kappa shape index (κ3) is 4.37. The number of hydrogen-bond acceptors (Lipinski definition) is 6. The molecule has 1 saturated heterocycles. The summed E-state index contributed by atoms with van der Waals surface area (Å²) < 4.78 is 36.8. The lowest BCUT2D eigenvalue weighted by molar-refractivity contribution is 0.0920. The van der Waals surface area contributed by atoms with E-state index in [9.17, 15) is 18.0 Å². The molecule has 8 heteroatoms. The van der Waals surface area contributed by atoms with Gasteiger partial charge >= 0.3 is 5.63 Å². The van der Waals surface area contributed by atoms with Gasteiger partial charge in [-0.2, -0.15) is 0 Å². The van der Waals surface area contributed by atoms with Gasteiger partial charge in [0.05, 0.1) is 11.5 Å². The number of fused-ring (bicyclic) bond motifs is 1. The quantitative estimate of drug-likeness (QED) is 0.396. The summed E-state index contributed by atoms with van der Waals surface area (Å²) in [6.07, 6.45) is 2.25. The van der Waals surface area contributed by atoms with Gasteiger partial charge < -0.3 is 13.7 Å². The first-order valence-electron chi connectivity index (χ1n) is 10.8. The summed E-state index contributed by atoms with van der Waals surface area (Å²) in [5.41, 5.74) is 3.12. The monoisotopic (exact) mass is 457 g/mol. The smallest absolute Gasteiger partial charge is 0.336 e. The zero-order valence-electron chi connectivity index (χ0n) is 18.5. The van der Waals surface area contributed by atoms with Crippen LogP contribution in [0.4, 0.5) is 0 Å². The van der Waals surface area contributed by atoms with Crippen molar-refractivity contribution in [3.8, 4) is 5.75 Å². The molecule has 1 aliphatic heterocycles. The Hall–Kier alpha value is -2.87. The van der Waals surface area contributed by atoms with Crippen LogP contribution in [0.15, 0.2) is 39.5 Å². The van der Waals surface area contributed by atoms with Gasteiger partial charge in [-0.15, -0.1) is 0 Å². The number of aryl methyl sites for hydroxylation is 2. The van der Waals surface area contributed by atoms with Crippen molar-refractivity contribution >= 4 is 26.6 Å². The number of nitrogens with zero attached hydrogens (tertiary/aromatic N) is 1. The Kier molecular flexibility index (Phi) is 5.99. The predicted octanol–water partition coefficient (Wildman–Crippen LogP) is 3.79. The van der Waals surface area contributed by atoms with Crippen LogP contribution in [0.2, 0.25) is 0 Å². The highest BCUT2D eigenvalue weighted by atomic mass is 32.2. The molecule has 0 saturated carbocycles. The van der Waals surface area contributed by atoms with Gasteiger partial charge in [0, 0.05) is 40.5 Å². The molecule has 1 fully saturated rings. The summed E-state index contributed by atoms with van der Waals surface area (Å²) in [5, 5.41) is 0.861. The van der Waals surface area contributed by atoms with Crippen LogP contribution in [0.3, 0.4) is 0 Å². The Labute approximate surface area is 186 Å². The zero-order chi connectivity index (χ0) is 23.0. The minimum Gasteiger partial charge on any atom is -0.485 e. The van der Waals surface area contributed by atoms with E-state index in [0.717, 1.165) is 35.2 Å². The van der Waals surface area contributed by atoms with Crippen LogP contribution in [0.1, 0.15) is 53.1 Å². The third-order valence-corrected chi connectivity index (χ3v) is 7.80. The molecule has 0 radical (unpaired) electrons. The van der Waals surface area contributed by atoms with E-state index >= 15 is 0 Å². The molecule has 1 atom stereocenters. The van der Waals surface area contributed by atoms with Crippen molar-refractivity contribution in [3.05, 3.63) is 63.3 Å². The van der Waals surface area contributed by atoms with E-state index in [0.29, 0.717) is 23.3 Å². The number of ketones is 1. The molecule has 0 aliphatic carbocycles. The van der Waals surface area contributed by atoms with Crippen molar-refractivity contribution < 1.29 is 22.4 Å². The fraction of sp³-hybridized carbons (Fsp3) is 0.417. The van der Waals surface area contributed by atoms with Gasteiger partial charge in [0.25, 0.3) is 0 Å². The molecule has 32 heavy (non-hydrogen) atoms. The number of rotatable bonds is 7. The van der Waals surface area contributed by atoms with Gasteiger partial charge in [-0.05, 0) is 50.5 Å². The highest BCUT2D eigenvalue weighted by molar-refractivity contribution is 7.91. The van der Waals surface area contributed by atoms with Gasteiger partial charge in [-0.1, -0.05) is 13.3 Å². The van der Waals surface area contributed by atoms with Gasteiger partial charge in [0.15, 0.2) is 16.4 Å². The van der Waals surface area contributed by atoms with Gasteiger partial charge in [-0.3, -0.25) is 4.79 Å². The van der Waals surface area contributed by atoms with Gasteiger partial charge in [0.1, 0.15) is 11.3 Å². The van der Waals surface area contributed by atoms with Crippen LogP contribution in [0.5, 0.6) is 5.75 Å². The van der Waals surface area contributed by atoms with Crippen LogP contribution in [0.25, 0.3) is 11.0 Å². The normalized spacial score (nSPS) is 17.7. The highest BCUT2D eigenvalue weighted by Gasteiger charge is 2.31. The summed E-state index contributed by atoms with van der Waals surface area (Å²) in [5.74, 6) is 0.541. The van der Waals surface area contributed by atoms with E-state index in [1.54, 1.807) is 18.2 Å². The first kappa shape index (κ1) is 22.3. The molecule has 0 amide bonds. The van der Waals surface area contributed by atoms with Gasteiger partial charge in [-0.25, -0.2) is 13.2 Å². The number of carbonyl (C=O) groups excluding carboxylic acids is 1. The number of Topliss-reactive ketones (excluding diaryl/α,β-unsaturated/α-hetero) is 1. The van der Waals surface area contributed by atoms with Crippen molar-refractivity contribution in [2.24, 2.45) is 0 Å². The molecule has 7 nitrogen and oxygen atoms in total. The molecule has 3 heterocycles. The van der Waals surface area contributed by atoms with E-state index in [2.05, 4.69) is 0 Å². The predicted molar refractivity (Wildman–Crippen MR) is 123 cm³/mol. The molecule has 1 aliphatic rings. The van der Waals surface area contributed by atoms with Crippen LogP contribution in [0, 0.1) is 13.8 Å². The van der Waals surface area contributed by atoms with Crippen LogP contribution in [-0.4, -0.2) is 36.9 Å². The summed E-state index contributed by atoms with van der Waals surface area (Å²) in [7, 11) is -3.02. The summed E-state index contributed by atoms with van der Waals surface area (Å²) >= 11 is 0. The topological polar surface area (TPSA) is 95.6 Å². The van der Waals surface area contributed by atoms with Crippen LogP contribution < -0.4 is 10.4 Å². The molecule has 3 aromatic rings. The number of hydrogen-bond donors (Lipinski definition) is 0. The van der Waals surface area contributed by atoms with E-state index in [1.807, 2.05) is 31.4 Å². The average Bonchev–Trinajstić information content (AvgIpc) is 3.23. The maximum atomic E-state index is 12.9. The van der Waals surface area contributed by atoms with Crippen LogP contribution >= 0.6 is 0 Å². The van der Waals surface area contributed by atoms with Crippen molar-refractivity contribution in [3.63, 3.8) is 0 Å². The Balaban J connectivity index is 1.52. The molecule has 1 unspecified atom stereocenters. The summed E-state index contributed by atoms with van der Waals surface area (Å²) in [6, 6.07) is 8.42. The number of benzene rings is 1. The second-order valence-electron chi connectivity index (χ2n) is 8.42. The van der Waals surface area contributed by atoms with Crippen molar-refractivity contribution in [1.82, 2.24) is 4.57 Å². The zero-order valence-corrected chi connectivity index (χ0v) is 19.3. The third-order valence-electron chi connectivity index (χ3n) is 6.05. The van der Waals surface area contributed by atoms with Gasteiger partial charge in [0.2, 0.25) is 5.78 Å². The number of sulfone groups is 1. The molecule has 1 aromatic carbocycles. The Morgan fingerprint density at radius 1 is 1.22 bits per heavy atom. The lowest BCUT2D eigenvalue weighted by atomic mass is 10.1. The van der Waals surface area contributed by atoms with E-state index in [1.165, 1.54) is 6.07 Å². The second kappa shape index (κ2) is 8.58. The van der Waals surface area contributed by atoms with Crippen LogP contribution in [-0.2, 0) is 16.3 Å². The first-order valence-corrected chi connectivity index (χ1v) is 12.6. The maximum Gasteiger partial charge on any atom is 0.336 e. The van der Waals surface area contributed by atoms with Crippen molar-refractivity contribution in [1.29, 1.82) is 0 Å². The van der Waals surface area contributed by atoms with E-state index in [4.69, 9.17) is 9.15 Å². The fourth-order valence-corrected chi connectivity index (χ4v) is 6.30. The number of aromatic nitrogens is 1. The SMILES string of the molecule is CCCc1cc(=O)oc2cc(OCC(=O)c3cc(C)n(C4CCS(=O)(=O)C4)c3C)ccc12. The molecule has 2 aromatic heterocycles. The number of carbonyl (C=O) groups is 1. The molecule has 4 rings (SSSR count). The Morgan fingerprint density at radius 3 is 2.69 bits per heavy atom.